The number of hydrogen-bond acceptors (Lipinski definition) is 4. The summed E-state index contributed by atoms with van der Waals surface area (Å²) in [5.41, 5.74) is 4.67. The minimum Gasteiger partial charge on any atom is -0.344 e. The van der Waals surface area contributed by atoms with E-state index in [1.54, 1.807) is 4.68 Å². The minimum absolute atomic E-state index is 0.0304. The van der Waals surface area contributed by atoms with Crippen LogP contribution in [0.25, 0.3) is 5.69 Å². The van der Waals surface area contributed by atoms with Gasteiger partial charge in [0.15, 0.2) is 0 Å². The second kappa shape index (κ2) is 11.8. The lowest BCUT2D eigenvalue weighted by atomic mass is 9.90. The molecule has 0 bridgehead atoms. The minimum atomic E-state index is -0.347. The number of carbonyl (C=O) groups excluding carboxylic acids is 3. The molecule has 2 fully saturated rings. The fraction of sp³-hybridized carbons (Fsp3) is 0.438. The number of piperidine rings is 1. The molecule has 1 atom stereocenters. The van der Waals surface area contributed by atoms with Crippen molar-refractivity contribution in [2.24, 2.45) is 5.92 Å². The van der Waals surface area contributed by atoms with E-state index in [2.05, 4.69) is 48.9 Å². The van der Waals surface area contributed by atoms with Crippen molar-refractivity contribution < 1.29 is 14.4 Å². The summed E-state index contributed by atoms with van der Waals surface area (Å²) >= 11 is 0. The molecule has 216 valence electrons. The Hall–Kier alpha value is -4.14. The molecule has 5 rings (SSSR count). The number of aromatic nitrogens is 2. The molecular weight excluding hydrogens is 516 g/mol. The largest absolute Gasteiger partial charge is 0.344 e. The van der Waals surface area contributed by atoms with E-state index in [4.69, 9.17) is 5.10 Å². The first-order valence-corrected chi connectivity index (χ1v) is 14.5. The molecule has 3 heterocycles. The van der Waals surface area contributed by atoms with E-state index < -0.39 is 0 Å². The number of carbonyl (C=O) groups is 3. The summed E-state index contributed by atoms with van der Waals surface area (Å²) in [4.78, 5) is 39.0. The van der Waals surface area contributed by atoms with Crippen LogP contribution in [0.5, 0.6) is 0 Å². The van der Waals surface area contributed by atoms with Gasteiger partial charge in [-0.3, -0.25) is 14.9 Å². The number of aryl methyl sites for hydroxylation is 1. The van der Waals surface area contributed by atoms with Crippen molar-refractivity contribution in [2.45, 2.75) is 71.3 Å². The molecule has 0 saturated carbocycles. The molecule has 9 heteroatoms. The molecule has 1 aromatic heterocycles. The summed E-state index contributed by atoms with van der Waals surface area (Å²) in [6, 6.07) is 17.2. The Morgan fingerprint density at radius 1 is 0.976 bits per heavy atom. The van der Waals surface area contributed by atoms with E-state index >= 15 is 0 Å². The van der Waals surface area contributed by atoms with Crippen LogP contribution < -0.4 is 16.0 Å². The predicted octanol–water partition coefficient (Wildman–Crippen LogP) is 5.18. The van der Waals surface area contributed by atoms with Gasteiger partial charge < -0.3 is 15.5 Å². The summed E-state index contributed by atoms with van der Waals surface area (Å²) in [6.45, 7) is 9.79. The fourth-order valence-electron chi connectivity index (χ4n) is 5.43. The number of nitrogens with one attached hydrogen (secondary N) is 3. The Morgan fingerprint density at radius 3 is 2.27 bits per heavy atom. The summed E-state index contributed by atoms with van der Waals surface area (Å²) < 4.78 is 1.77. The van der Waals surface area contributed by atoms with Crippen molar-refractivity contribution in [1.29, 1.82) is 0 Å². The van der Waals surface area contributed by atoms with Crippen molar-refractivity contribution in [3.63, 3.8) is 0 Å². The molecule has 3 N–H and O–H groups in total. The molecule has 0 spiro atoms. The number of amides is 4. The number of anilines is 2. The highest BCUT2D eigenvalue weighted by molar-refractivity contribution is 5.99. The van der Waals surface area contributed by atoms with Gasteiger partial charge >= 0.3 is 6.03 Å². The van der Waals surface area contributed by atoms with Crippen LogP contribution >= 0.6 is 0 Å². The van der Waals surface area contributed by atoms with Crippen LogP contribution in [0.2, 0.25) is 0 Å². The standard InChI is InChI=1S/C32H40N6O3/c1-21-5-11-25(12-6-21)38-28(20-27(36-38)32(2,3)4)35-31(41)33-24-9-7-22(8-10-24)19-23-15-17-37(18-16-23)30(40)26-13-14-29(39)34-26/h5-12,20,23,26H,13-19H2,1-4H3,(H,34,39)(H2,33,35,41)/t26-/m1/s1. The van der Waals surface area contributed by atoms with Crippen molar-refractivity contribution in [2.75, 3.05) is 23.7 Å². The fourth-order valence-corrected chi connectivity index (χ4v) is 5.43. The lowest BCUT2D eigenvalue weighted by Gasteiger charge is -2.33. The first kappa shape index (κ1) is 28.4. The third-order valence-corrected chi connectivity index (χ3v) is 7.95. The number of nitrogens with zero attached hydrogens (tertiary/aromatic N) is 3. The normalized spacial score (nSPS) is 17.8. The van der Waals surface area contributed by atoms with Crippen molar-refractivity contribution in [3.05, 3.63) is 71.4 Å². The Labute approximate surface area is 241 Å². The molecule has 2 aliphatic rings. The monoisotopic (exact) mass is 556 g/mol. The van der Waals surface area contributed by atoms with Crippen molar-refractivity contribution >= 4 is 29.4 Å². The summed E-state index contributed by atoms with van der Waals surface area (Å²) in [6.07, 6.45) is 3.86. The van der Waals surface area contributed by atoms with Gasteiger partial charge in [-0.05, 0) is 68.4 Å². The molecule has 0 unspecified atom stereocenters. The van der Waals surface area contributed by atoms with Crippen LogP contribution in [0, 0.1) is 12.8 Å². The molecule has 2 saturated heterocycles. The second-order valence-corrected chi connectivity index (χ2v) is 12.3. The molecule has 4 amide bonds. The first-order chi connectivity index (χ1) is 19.5. The van der Waals surface area contributed by atoms with Gasteiger partial charge in [-0.2, -0.15) is 5.10 Å². The number of rotatable bonds is 6. The third kappa shape index (κ3) is 6.96. The Morgan fingerprint density at radius 2 is 1.66 bits per heavy atom. The van der Waals surface area contributed by atoms with Gasteiger partial charge in [0.1, 0.15) is 11.9 Å². The molecule has 0 aliphatic carbocycles. The Balaban J connectivity index is 1.15. The van der Waals surface area contributed by atoms with Crippen LogP contribution in [0.1, 0.15) is 63.3 Å². The second-order valence-electron chi connectivity index (χ2n) is 12.3. The lowest BCUT2D eigenvalue weighted by Crippen LogP contribution is -2.47. The van der Waals surface area contributed by atoms with Gasteiger partial charge in [-0.15, -0.1) is 0 Å². The van der Waals surface area contributed by atoms with Gasteiger partial charge in [0.2, 0.25) is 11.8 Å². The third-order valence-electron chi connectivity index (χ3n) is 7.95. The maximum Gasteiger partial charge on any atom is 0.324 e. The van der Waals surface area contributed by atoms with Crippen LogP contribution in [-0.4, -0.2) is 51.7 Å². The van der Waals surface area contributed by atoms with E-state index in [1.807, 2.05) is 54.3 Å². The highest BCUT2D eigenvalue weighted by Crippen LogP contribution is 2.27. The first-order valence-electron chi connectivity index (χ1n) is 14.5. The van der Waals surface area contributed by atoms with Gasteiger partial charge in [-0.25, -0.2) is 9.48 Å². The molecule has 41 heavy (non-hydrogen) atoms. The highest BCUT2D eigenvalue weighted by Gasteiger charge is 2.32. The smallest absolute Gasteiger partial charge is 0.324 e. The Kier molecular flexibility index (Phi) is 8.15. The average molecular weight is 557 g/mol. The number of urea groups is 1. The van der Waals surface area contributed by atoms with Crippen LogP contribution in [0.4, 0.5) is 16.3 Å². The lowest BCUT2D eigenvalue weighted by molar-refractivity contribution is -0.135. The van der Waals surface area contributed by atoms with Gasteiger partial charge in [-0.1, -0.05) is 50.6 Å². The van der Waals surface area contributed by atoms with Crippen LogP contribution in [0.3, 0.4) is 0 Å². The zero-order valence-electron chi connectivity index (χ0n) is 24.4. The van der Waals surface area contributed by atoms with Crippen molar-refractivity contribution in [3.8, 4) is 5.69 Å². The summed E-state index contributed by atoms with van der Waals surface area (Å²) in [5.74, 6) is 1.13. The molecule has 2 aliphatic heterocycles. The SMILES string of the molecule is Cc1ccc(-n2nc(C(C)(C)C)cc2NC(=O)Nc2ccc(CC3CCN(C(=O)[C@H]4CCC(=O)N4)CC3)cc2)cc1. The average Bonchev–Trinajstić information content (AvgIpc) is 3.57. The topological polar surface area (TPSA) is 108 Å². The van der Waals surface area contributed by atoms with Crippen molar-refractivity contribution in [1.82, 2.24) is 20.0 Å². The van der Waals surface area contributed by atoms with E-state index in [1.165, 1.54) is 5.56 Å². The van der Waals surface area contributed by atoms with E-state index in [0.717, 1.165) is 49.3 Å². The van der Waals surface area contributed by atoms with E-state index in [-0.39, 0.29) is 29.3 Å². The maximum absolute atomic E-state index is 13.0. The zero-order valence-corrected chi connectivity index (χ0v) is 24.4. The summed E-state index contributed by atoms with van der Waals surface area (Å²) in [5, 5.41) is 13.5. The molecule has 0 radical (unpaired) electrons. The quantitative estimate of drug-likeness (QED) is 0.389. The van der Waals surface area contributed by atoms with E-state index in [0.29, 0.717) is 30.3 Å². The zero-order chi connectivity index (χ0) is 29.1. The maximum atomic E-state index is 13.0. The number of benzene rings is 2. The van der Waals surface area contributed by atoms with Crippen LogP contribution in [-0.2, 0) is 21.4 Å². The van der Waals surface area contributed by atoms with Gasteiger partial charge in [0.25, 0.3) is 0 Å². The number of likely N-dealkylation sites (tertiary alicyclic amines) is 1. The number of hydrogen-bond donors (Lipinski definition) is 3. The van der Waals surface area contributed by atoms with Crippen LogP contribution in [0.15, 0.2) is 54.6 Å². The molecule has 2 aromatic carbocycles. The van der Waals surface area contributed by atoms with Gasteiger partial charge in [0.05, 0.1) is 11.4 Å². The molecular formula is C32H40N6O3. The predicted molar refractivity (Wildman–Crippen MR) is 160 cm³/mol. The Bertz CT molecular complexity index is 1400. The molecule has 9 nitrogen and oxygen atoms in total. The molecule has 3 aromatic rings. The van der Waals surface area contributed by atoms with Gasteiger partial charge in [0, 0.05) is 36.7 Å². The summed E-state index contributed by atoms with van der Waals surface area (Å²) in [7, 11) is 0. The van der Waals surface area contributed by atoms with E-state index in [9.17, 15) is 14.4 Å². The highest BCUT2D eigenvalue weighted by atomic mass is 16.2.